The summed E-state index contributed by atoms with van der Waals surface area (Å²) in [6, 6.07) is 0. The minimum atomic E-state index is -0.761. The van der Waals surface area contributed by atoms with E-state index in [0.717, 1.165) is 69.6 Å². The summed E-state index contributed by atoms with van der Waals surface area (Å²) in [5.74, 6) is 0.882. The van der Waals surface area contributed by atoms with Crippen molar-refractivity contribution >= 4 is 17.9 Å². The summed E-state index contributed by atoms with van der Waals surface area (Å²) in [5.41, 5.74) is 0. The van der Waals surface area contributed by atoms with Crippen molar-refractivity contribution in [2.75, 3.05) is 13.2 Å². The smallest absolute Gasteiger partial charge is 0.306 e. The van der Waals surface area contributed by atoms with Crippen molar-refractivity contribution in [2.24, 2.45) is 11.8 Å². The Morgan fingerprint density at radius 3 is 0.919 bits per heavy atom. The molecular weight excluding hydrogens is 769 g/mol. The lowest BCUT2D eigenvalue weighted by molar-refractivity contribution is -0.167. The first kappa shape index (κ1) is 60.4. The molecule has 6 nitrogen and oxygen atoms in total. The first-order valence-corrected chi connectivity index (χ1v) is 27.8. The van der Waals surface area contributed by atoms with Crippen LogP contribution in [-0.4, -0.2) is 37.2 Å². The second-order valence-corrected chi connectivity index (χ2v) is 19.9. The highest BCUT2D eigenvalue weighted by molar-refractivity contribution is 5.71. The van der Waals surface area contributed by atoms with E-state index in [9.17, 15) is 14.4 Å². The van der Waals surface area contributed by atoms with E-state index in [0.29, 0.717) is 19.3 Å². The lowest BCUT2D eigenvalue weighted by Gasteiger charge is -2.18. The van der Waals surface area contributed by atoms with Crippen LogP contribution in [0.5, 0.6) is 0 Å². The van der Waals surface area contributed by atoms with Crippen molar-refractivity contribution < 1.29 is 28.6 Å². The molecule has 0 aromatic heterocycles. The third-order valence-corrected chi connectivity index (χ3v) is 13.1. The molecule has 0 saturated carbocycles. The van der Waals surface area contributed by atoms with Crippen molar-refractivity contribution in [3.05, 3.63) is 0 Å². The van der Waals surface area contributed by atoms with E-state index < -0.39 is 6.10 Å². The maximum Gasteiger partial charge on any atom is 0.306 e. The zero-order chi connectivity index (χ0) is 45.4. The molecular formula is C56H108O6. The monoisotopic (exact) mass is 877 g/mol. The quantitative estimate of drug-likeness (QED) is 0.0344. The third kappa shape index (κ3) is 47.9. The van der Waals surface area contributed by atoms with Crippen LogP contribution >= 0.6 is 0 Å². The summed E-state index contributed by atoms with van der Waals surface area (Å²) < 4.78 is 16.8. The lowest BCUT2D eigenvalue weighted by atomic mass is 9.99. The predicted molar refractivity (Wildman–Crippen MR) is 266 cm³/mol. The highest BCUT2D eigenvalue weighted by Gasteiger charge is 2.19. The Morgan fingerprint density at radius 1 is 0.339 bits per heavy atom. The van der Waals surface area contributed by atoms with Gasteiger partial charge in [-0.15, -0.1) is 0 Å². The number of ether oxygens (including phenoxy) is 3. The maximum absolute atomic E-state index is 12.7. The zero-order valence-corrected chi connectivity index (χ0v) is 42.5. The topological polar surface area (TPSA) is 78.9 Å². The molecule has 0 saturated heterocycles. The molecule has 0 aromatic rings. The van der Waals surface area contributed by atoms with E-state index in [1.165, 1.54) is 199 Å². The molecule has 6 heteroatoms. The SMILES string of the molecule is CCCCCCCCCCCC(=O)O[C@H](COC(=O)CCCCCCCCCCCCCCCCCCCCC(C)C)COC(=O)CCCCCCCCCCCCC(C)CC. The fourth-order valence-corrected chi connectivity index (χ4v) is 8.49. The Morgan fingerprint density at radius 2 is 0.613 bits per heavy atom. The van der Waals surface area contributed by atoms with Gasteiger partial charge in [0.15, 0.2) is 6.10 Å². The molecule has 0 N–H and O–H groups in total. The standard InChI is InChI=1S/C56H108O6/c1-6-8-9-10-11-24-33-38-43-48-56(59)62-53(50-61-55(58)47-42-37-32-28-23-22-26-30-35-40-45-52(5)7-2)49-60-54(57)46-41-36-31-27-21-19-17-15-13-12-14-16-18-20-25-29-34-39-44-51(3)4/h51-53H,6-50H2,1-5H3/t52?,53-/m1/s1. The van der Waals surface area contributed by atoms with Crippen LogP contribution in [0.4, 0.5) is 0 Å². The largest absolute Gasteiger partial charge is 0.462 e. The van der Waals surface area contributed by atoms with Crippen LogP contribution in [0, 0.1) is 11.8 Å². The van der Waals surface area contributed by atoms with Crippen molar-refractivity contribution in [3.63, 3.8) is 0 Å². The van der Waals surface area contributed by atoms with Gasteiger partial charge in [-0.3, -0.25) is 14.4 Å². The van der Waals surface area contributed by atoms with Crippen LogP contribution in [-0.2, 0) is 28.6 Å². The van der Waals surface area contributed by atoms with E-state index in [2.05, 4.69) is 34.6 Å². The van der Waals surface area contributed by atoms with Gasteiger partial charge in [-0.05, 0) is 31.1 Å². The van der Waals surface area contributed by atoms with Crippen LogP contribution in [0.3, 0.4) is 0 Å². The zero-order valence-electron chi connectivity index (χ0n) is 42.5. The van der Waals surface area contributed by atoms with Gasteiger partial charge in [-0.2, -0.15) is 0 Å². The van der Waals surface area contributed by atoms with E-state index in [4.69, 9.17) is 14.2 Å². The average Bonchev–Trinajstić information content (AvgIpc) is 3.26. The first-order valence-electron chi connectivity index (χ1n) is 27.8. The van der Waals surface area contributed by atoms with Gasteiger partial charge in [-0.1, -0.05) is 272 Å². The third-order valence-electron chi connectivity index (χ3n) is 13.1. The van der Waals surface area contributed by atoms with Crippen LogP contribution < -0.4 is 0 Å². The van der Waals surface area contributed by atoms with Crippen molar-refractivity contribution in [1.82, 2.24) is 0 Å². The molecule has 2 atom stereocenters. The second-order valence-electron chi connectivity index (χ2n) is 19.9. The lowest BCUT2D eigenvalue weighted by Crippen LogP contribution is -2.30. The van der Waals surface area contributed by atoms with Gasteiger partial charge in [0.05, 0.1) is 0 Å². The van der Waals surface area contributed by atoms with E-state index in [1.54, 1.807) is 0 Å². The van der Waals surface area contributed by atoms with Gasteiger partial charge in [0.25, 0.3) is 0 Å². The highest BCUT2D eigenvalue weighted by Crippen LogP contribution is 2.18. The van der Waals surface area contributed by atoms with Crippen LogP contribution in [0.15, 0.2) is 0 Å². The summed E-state index contributed by atoms with van der Waals surface area (Å²) in [7, 11) is 0. The first-order chi connectivity index (χ1) is 30.3. The summed E-state index contributed by atoms with van der Waals surface area (Å²) in [6.45, 7) is 11.4. The predicted octanol–water partition coefficient (Wildman–Crippen LogP) is 18.1. The number of hydrogen-bond donors (Lipinski definition) is 0. The summed E-state index contributed by atoms with van der Waals surface area (Å²) >= 11 is 0. The number of unbranched alkanes of at least 4 members (excludes halogenated alkanes) is 34. The molecule has 0 spiro atoms. The molecule has 62 heavy (non-hydrogen) atoms. The van der Waals surface area contributed by atoms with E-state index in [-0.39, 0.29) is 31.1 Å². The Bertz CT molecular complexity index is 949. The van der Waals surface area contributed by atoms with E-state index in [1.807, 2.05) is 0 Å². The molecule has 368 valence electrons. The molecule has 0 radical (unpaired) electrons. The minimum Gasteiger partial charge on any atom is -0.462 e. The fraction of sp³-hybridized carbons (Fsp3) is 0.946. The maximum atomic E-state index is 12.7. The van der Waals surface area contributed by atoms with E-state index >= 15 is 0 Å². The summed E-state index contributed by atoms with van der Waals surface area (Å²) in [6.07, 6.45) is 50.9. The van der Waals surface area contributed by atoms with Gasteiger partial charge < -0.3 is 14.2 Å². The Balaban J connectivity index is 4.17. The Labute approximate surface area is 387 Å². The Hall–Kier alpha value is -1.59. The molecule has 0 aliphatic heterocycles. The van der Waals surface area contributed by atoms with Crippen LogP contribution in [0.1, 0.15) is 311 Å². The molecule has 0 aromatic carbocycles. The molecule has 0 fully saturated rings. The minimum absolute atomic E-state index is 0.0633. The van der Waals surface area contributed by atoms with Crippen molar-refractivity contribution in [2.45, 2.75) is 317 Å². The average molecular weight is 877 g/mol. The van der Waals surface area contributed by atoms with Gasteiger partial charge in [-0.25, -0.2) is 0 Å². The molecule has 0 bridgehead atoms. The number of rotatable bonds is 50. The van der Waals surface area contributed by atoms with Crippen molar-refractivity contribution in [1.29, 1.82) is 0 Å². The van der Waals surface area contributed by atoms with Crippen molar-refractivity contribution in [3.8, 4) is 0 Å². The number of carbonyl (C=O) groups is 3. The van der Waals surface area contributed by atoms with Gasteiger partial charge in [0, 0.05) is 19.3 Å². The van der Waals surface area contributed by atoms with Crippen LogP contribution in [0.25, 0.3) is 0 Å². The number of carbonyl (C=O) groups excluding carboxylic acids is 3. The van der Waals surface area contributed by atoms with Gasteiger partial charge in [0.2, 0.25) is 0 Å². The van der Waals surface area contributed by atoms with Gasteiger partial charge >= 0.3 is 17.9 Å². The van der Waals surface area contributed by atoms with Crippen LogP contribution in [0.2, 0.25) is 0 Å². The molecule has 0 aliphatic rings. The van der Waals surface area contributed by atoms with Gasteiger partial charge in [0.1, 0.15) is 13.2 Å². The number of esters is 3. The molecule has 0 aliphatic carbocycles. The molecule has 0 heterocycles. The molecule has 0 amide bonds. The molecule has 0 rings (SSSR count). The summed E-state index contributed by atoms with van der Waals surface area (Å²) in [4.78, 5) is 37.9. The Kier molecular flexibility index (Phi) is 47.6. The number of hydrogen-bond acceptors (Lipinski definition) is 6. The second kappa shape index (κ2) is 48.9. The normalized spacial score (nSPS) is 12.5. The molecule has 1 unspecified atom stereocenters. The fourth-order valence-electron chi connectivity index (χ4n) is 8.49. The summed E-state index contributed by atoms with van der Waals surface area (Å²) in [5, 5.41) is 0. The highest BCUT2D eigenvalue weighted by atomic mass is 16.6.